The predicted molar refractivity (Wildman–Crippen MR) is 187 cm³/mol. The van der Waals surface area contributed by atoms with Crippen molar-refractivity contribution >= 4 is 58.8 Å². The zero-order chi connectivity index (χ0) is 36.7. The van der Waals surface area contributed by atoms with Gasteiger partial charge in [0.15, 0.2) is 0 Å². The molecule has 2 rings (SSSR count). The smallest absolute Gasteiger partial charge is 0.327 e. The molecule has 5 amide bonds. The van der Waals surface area contributed by atoms with Crippen LogP contribution in [0.3, 0.4) is 0 Å². The molecule has 14 nitrogen and oxygen atoms in total. The zero-order valence-corrected chi connectivity index (χ0v) is 29.2. The Kier molecular flexibility index (Phi) is 15.9. The summed E-state index contributed by atoms with van der Waals surface area (Å²) in [5.74, 6) is -3.71. The molecule has 0 aromatic heterocycles. The van der Waals surface area contributed by atoms with Crippen LogP contribution in [0, 0.1) is 11.3 Å². The number of benzene rings is 2. The third-order valence-electron chi connectivity index (χ3n) is 6.83. The fraction of sp³-hybridized carbons (Fsp3) is 0.471. The SMILES string of the molecule is CC(C)CC(NC(=O)Cc1ccc(NC(=O)Nc2ccc(O)cc2)cc1)C(=O)NC(CCSCC(NC(=O)CC(C)(C)C)C(=O)O)C(=O)O. The number of thioether (sulfide) groups is 1. The highest BCUT2D eigenvalue weighted by molar-refractivity contribution is 7.99. The van der Waals surface area contributed by atoms with Gasteiger partial charge in [0.05, 0.1) is 6.42 Å². The van der Waals surface area contributed by atoms with Crippen molar-refractivity contribution in [2.45, 2.75) is 78.4 Å². The Labute approximate surface area is 290 Å². The molecule has 0 aliphatic heterocycles. The second-order valence-corrected chi connectivity index (χ2v) is 14.4. The number of carbonyl (C=O) groups excluding carboxylic acids is 4. The maximum absolute atomic E-state index is 13.2. The van der Waals surface area contributed by atoms with Gasteiger partial charge in [0.25, 0.3) is 0 Å². The van der Waals surface area contributed by atoms with Gasteiger partial charge < -0.3 is 41.9 Å². The number of phenols is 1. The maximum atomic E-state index is 13.2. The number of carboxylic acids is 2. The molecule has 0 saturated heterocycles. The maximum Gasteiger partial charge on any atom is 0.327 e. The van der Waals surface area contributed by atoms with E-state index in [0.29, 0.717) is 16.9 Å². The molecule has 49 heavy (non-hydrogen) atoms. The second kappa shape index (κ2) is 19.3. The van der Waals surface area contributed by atoms with E-state index >= 15 is 0 Å². The number of nitrogens with one attached hydrogen (secondary N) is 5. The summed E-state index contributed by atoms with van der Waals surface area (Å²) in [5.41, 5.74) is 1.25. The Morgan fingerprint density at radius 3 is 1.78 bits per heavy atom. The first kappa shape index (κ1) is 40.4. The van der Waals surface area contributed by atoms with E-state index in [-0.39, 0.29) is 54.3 Å². The molecule has 0 heterocycles. The second-order valence-electron chi connectivity index (χ2n) is 13.2. The van der Waals surface area contributed by atoms with Gasteiger partial charge in [-0.05, 0) is 71.9 Å². The molecule has 0 spiro atoms. The van der Waals surface area contributed by atoms with Crippen molar-refractivity contribution in [2.24, 2.45) is 11.3 Å². The third-order valence-corrected chi connectivity index (χ3v) is 7.93. The third kappa shape index (κ3) is 16.2. The molecule has 0 bridgehead atoms. The zero-order valence-electron chi connectivity index (χ0n) is 28.4. The number of urea groups is 1. The van der Waals surface area contributed by atoms with Gasteiger partial charge in [-0.25, -0.2) is 14.4 Å². The van der Waals surface area contributed by atoms with Crippen LogP contribution in [-0.2, 0) is 30.4 Å². The number of anilines is 2. The van der Waals surface area contributed by atoms with Crippen molar-refractivity contribution < 1.29 is 44.1 Å². The number of aromatic hydroxyl groups is 1. The van der Waals surface area contributed by atoms with Crippen molar-refractivity contribution in [2.75, 3.05) is 22.1 Å². The fourth-order valence-electron chi connectivity index (χ4n) is 4.51. The molecule has 268 valence electrons. The minimum absolute atomic E-state index is 0.00518. The first-order chi connectivity index (χ1) is 22.9. The normalized spacial score (nSPS) is 13.0. The van der Waals surface area contributed by atoms with Crippen LogP contribution in [0.4, 0.5) is 16.2 Å². The molecule has 2 aromatic carbocycles. The molecule has 0 saturated carbocycles. The minimum atomic E-state index is -1.28. The number of rotatable bonds is 18. The summed E-state index contributed by atoms with van der Waals surface area (Å²) in [4.78, 5) is 74.1. The fourth-order valence-corrected chi connectivity index (χ4v) is 5.54. The van der Waals surface area contributed by atoms with E-state index in [1.54, 1.807) is 36.4 Å². The monoisotopic (exact) mass is 701 g/mol. The lowest BCUT2D eigenvalue weighted by atomic mass is 9.92. The van der Waals surface area contributed by atoms with Crippen LogP contribution in [0.2, 0.25) is 0 Å². The Bertz CT molecular complexity index is 1440. The van der Waals surface area contributed by atoms with Crippen molar-refractivity contribution in [1.29, 1.82) is 0 Å². The molecule has 2 aromatic rings. The van der Waals surface area contributed by atoms with Crippen molar-refractivity contribution in [3.8, 4) is 5.75 Å². The predicted octanol–water partition coefficient (Wildman–Crippen LogP) is 3.81. The highest BCUT2D eigenvalue weighted by Gasteiger charge is 2.28. The average Bonchev–Trinajstić information content (AvgIpc) is 2.98. The molecule has 0 aliphatic rings. The van der Waals surface area contributed by atoms with Gasteiger partial charge in [0, 0.05) is 23.5 Å². The first-order valence-electron chi connectivity index (χ1n) is 15.8. The van der Waals surface area contributed by atoms with Crippen LogP contribution in [-0.4, -0.2) is 80.6 Å². The summed E-state index contributed by atoms with van der Waals surface area (Å²) >= 11 is 1.14. The number of amides is 5. The Morgan fingerprint density at radius 2 is 1.27 bits per heavy atom. The van der Waals surface area contributed by atoms with E-state index in [4.69, 9.17) is 0 Å². The topological polar surface area (TPSA) is 223 Å². The summed E-state index contributed by atoms with van der Waals surface area (Å²) < 4.78 is 0. The number of phenolic OH excluding ortho intramolecular Hbond substituents is 1. The molecule has 3 unspecified atom stereocenters. The van der Waals surface area contributed by atoms with E-state index in [9.17, 15) is 44.1 Å². The lowest BCUT2D eigenvalue weighted by Gasteiger charge is -2.23. The summed E-state index contributed by atoms with van der Waals surface area (Å²) in [5, 5.41) is 41.6. The summed E-state index contributed by atoms with van der Waals surface area (Å²) in [6, 6.07) is 8.58. The number of carboxylic acid groups (broad SMARTS) is 2. The van der Waals surface area contributed by atoms with Crippen molar-refractivity contribution in [1.82, 2.24) is 16.0 Å². The number of hydrogen-bond acceptors (Lipinski definition) is 8. The number of hydrogen-bond donors (Lipinski definition) is 8. The van der Waals surface area contributed by atoms with Gasteiger partial charge in [-0.15, -0.1) is 0 Å². The molecular formula is C34H47N5O9S. The number of aliphatic carboxylic acids is 2. The van der Waals surface area contributed by atoms with E-state index in [2.05, 4.69) is 26.6 Å². The van der Waals surface area contributed by atoms with Crippen molar-refractivity contribution in [3.05, 3.63) is 54.1 Å². The summed E-state index contributed by atoms with van der Waals surface area (Å²) in [7, 11) is 0. The van der Waals surface area contributed by atoms with Crippen molar-refractivity contribution in [3.63, 3.8) is 0 Å². The molecule has 0 radical (unpaired) electrons. The standard InChI is InChI=1S/C34H47N5O9S/c1-20(2)16-26(30(43)39-25(31(44)45)14-15-49-19-27(32(46)47)38-29(42)18-34(3,4)5)37-28(41)17-21-6-8-22(9-7-21)35-33(48)36-23-10-12-24(40)13-11-23/h6-13,20,25-27,40H,14-19H2,1-5H3,(H,37,41)(H,38,42)(H,39,43)(H,44,45)(H,46,47)(H2,35,36,48). The van der Waals surface area contributed by atoms with Crippen LogP contribution in [0.5, 0.6) is 5.75 Å². The Hall–Kier alpha value is -4.79. The van der Waals surface area contributed by atoms with Gasteiger partial charge in [-0.3, -0.25) is 14.4 Å². The quantitative estimate of drug-likeness (QED) is 0.0829. The lowest BCUT2D eigenvalue weighted by Crippen LogP contribution is -2.52. The average molecular weight is 702 g/mol. The molecular weight excluding hydrogens is 654 g/mol. The largest absolute Gasteiger partial charge is 0.508 e. The Balaban J connectivity index is 1.91. The van der Waals surface area contributed by atoms with E-state index in [1.807, 2.05) is 34.6 Å². The van der Waals surface area contributed by atoms with Gasteiger partial charge >= 0.3 is 18.0 Å². The Morgan fingerprint density at radius 1 is 0.735 bits per heavy atom. The van der Waals surface area contributed by atoms with Gasteiger partial charge in [-0.2, -0.15) is 11.8 Å². The highest BCUT2D eigenvalue weighted by Crippen LogP contribution is 2.19. The molecule has 3 atom stereocenters. The summed E-state index contributed by atoms with van der Waals surface area (Å²) in [6.07, 6.45) is 0.324. The van der Waals surface area contributed by atoms with Gasteiger partial charge in [0.2, 0.25) is 17.7 Å². The summed E-state index contributed by atoms with van der Waals surface area (Å²) in [6.45, 7) is 9.30. The van der Waals surface area contributed by atoms with Crippen LogP contribution >= 0.6 is 11.8 Å². The van der Waals surface area contributed by atoms with Crippen LogP contribution < -0.4 is 26.6 Å². The number of carbonyl (C=O) groups is 6. The first-order valence-corrected chi connectivity index (χ1v) is 17.0. The van der Waals surface area contributed by atoms with E-state index < -0.39 is 53.8 Å². The van der Waals surface area contributed by atoms with Crippen LogP contribution in [0.1, 0.15) is 59.4 Å². The minimum Gasteiger partial charge on any atom is -0.508 e. The lowest BCUT2D eigenvalue weighted by molar-refractivity contribution is -0.142. The highest BCUT2D eigenvalue weighted by atomic mass is 32.2. The molecule has 0 fully saturated rings. The van der Waals surface area contributed by atoms with Gasteiger partial charge in [-0.1, -0.05) is 46.8 Å². The van der Waals surface area contributed by atoms with Gasteiger partial charge in [0.1, 0.15) is 23.9 Å². The van der Waals surface area contributed by atoms with Crippen LogP contribution in [0.15, 0.2) is 48.5 Å². The molecule has 8 N–H and O–H groups in total. The molecule has 15 heteroatoms. The van der Waals surface area contributed by atoms with E-state index in [1.165, 1.54) is 12.1 Å². The van der Waals surface area contributed by atoms with E-state index in [0.717, 1.165) is 11.8 Å². The molecule has 0 aliphatic carbocycles. The van der Waals surface area contributed by atoms with Crippen LogP contribution in [0.25, 0.3) is 0 Å².